The minimum atomic E-state index is -0.330. The van der Waals surface area contributed by atoms with Crippen LogP contribution in [0.4, 0.5) is 10.5 Å². The Morgan fingerprint density at radius 3 is 2.45 bits per heavy atom. The van der Waals surface area contributed by atoms with Crippen molar-refractivity contribution in [2.24, 2.45) is 0 Å². The van der Waals surface area contributed by atoms with Crippen molar-refractivity contribution in [1.82, 2.24) is 9.80 Å². The monoisotopic (exact) mass is 603 g/mol. The molecule has 204 valence electrons. The highest BCUT2D eigenvalue weighted by Crippen LogP contribution is 2.28. The molecule has 0 atom stereocenters. The zero-order chi connectivity index (χ0) is 27.3. The van der Waals surface area contributed by atoms with Crippen LogP contribution in [0.2, 0.25) is 0 Å². The predicted octanol–water partition coefficient (Wildman–Crippen LogP) is 5.67. The Morgan fingerprint density at radius 2 is 1.76 bits per heavy atom. The van der Waals surface area contributed by atoms with Crippen LogP contribution < -0.4 is 14.8 Å². The SMILES string of the molecule is COCCCN(CC(=O)N(CCc1ccc(OC)c(OC)c1)Cc1cccs1)C(=O)Nc1cccc(Br)c1. The summed E-state index contributed by atoms with van der Waals surface area (Å²) in [6, 6.07) is 16.8. The maximum absolute atomic E-state index is 13.6. The molecule has 1 heterocycles. The molecule has 2 aromatic carbocycles. The number of urea groups is 1. The number of carbonyl (C=O) groups excluding carboxylic acids is 2. The van der Waals surface area contributed by atoms with E-state index in [4.69, 9.17) is 14.2 Å². The number of rotatable bonds is 14. The second kappa shape index (κ2) is 15.4. The number of nitrogens with zero attached hydrogens (tertiary/aromatic N) is 2. The van der Waals surface area contributed by atoms with Crippen molar-refractivity contribution in [2.45, 2.75) is 19.4 Å². The van der Waals surface area contributed by atoms with Crippen LogP contribution in [0.25, 0.3) is 0 Å². The van der Waals surface area contributed by atoms with Gasteiger partial charge in [0.25, 0.3) is 0 Å². The topological polar surface area (TPSA) is 80.3 Å². The molecule has 0 spiro atoms. The van der Waals surface area contributed by atoms with E-state index in [2.05, 4.69) is 21.2 Å². The Kier molecular flexibility index (Phi) is 11.9. The Balaban J connectivity index is 1.74. The molecule has 3 rings (SSSR count). The standard InChI is InChI=1S/C28H34BrN3O5S/c1-35-15-6-13-32(28(34)30-23-8-4-7-22(29)18-23)20-27(33)31(19-24-9-5-16-38-24)14-12-21-10-11-25(36-2)26(17-21)37-3/h4-5,7-11,16-18H,6,12-15,19-20H2,1-3H3,(H,30,34). The molecule has 0 bridgehead atoms. The minimum absolute atomic E-state index is 0.0408. The van der Waals surface area contributed by atoms with Crippen LogP contribution in [0, 0.1) is 0 Å². The fraction of sp³-hybridized carbons (Fsp3) is 0.357. The van der Waals surface area contributed by atoms with Crippen molar-refractivity contribution in [3.63, 3.8) is 0 Å². The quantitative estimate of drug-likeness (QED) is 0.240. The van der Waals surface area contributed by atoms with Crippen LogP contribution in [0.15, 0.2) is 64.5 Å². The second-order valence-corrected chi connectivity index (χ2v) is 10.5. The molecule has 0 aliphatic heterocycles. The molecular weight excluding hydrogens is 570 g/mol. The van der Waals surface area contributed by atoms with E-state index in [0.717, 1.165) is 14.9 Å². The molecule has 0 aliphatic rings. The number of ether oxygens (including phenoxy) is 3. The van der Waals surface area contributed by atoms with E-state index in [1.807, 2.05) is 60.0 Å². The van der Waals surface area contributed by atoms with Crippen LogP contribution >= 0.6 is 27.3 Å². The Hall–Kier alpha value is -3.08. The van der Waals surface area contributed by atoms with Gasteiger partial charge in [0.2, 0.25) is 5.91 Å². The van der Waals surface area contributed by atoms with Gasteiger partial charge in [0.1, 0.15) is 6.54 Å². The highest BCUT2D eigenvalue weighted by atomic mass is 79.9. The van der Waals surface area contributed by atoms with Gasteiger partial charge in [-0.05, 0) is 60.2 Å². The number of carbonyl (C=O) groups is 2. The van der Waals surface area contributed by atoms with Gasteiger partial charge in [-0.15, -0.1) is 11.3 Å². The molecule has 8 nitrogen and oxygen atoms in total. The molecule has 10 heteroatoms. The number of nitrogens with one attached hydrogen (secondary N) is 1. The lowest BCUT2D eigenvalue weighted by molar-refractivity contribution is -0.132. The summed E-state index contributed by atoms with van der Waals surface area (Å²) in [7, 11) is 4.82. The molecule has 38 heavy (non-hydrogen) atoms. The molecule has 1 aromatic heterocycles. The van der Waals surface area contributed by atoms with Gasteiger partial charge in [0, 0.05) is 41.8 Å². The van der Waals surface area contributed by atoms with Crippen molar-refractivity contribution >= 4 is 44.9 Å². The molecule has 0 aliphatic carbocycles. The van der Waals surface area contributed by atoms with Gasteiger partial charge in [-0.2, -0.15) is 0 Å². The van der Waals surface area contributed by atoms with E-state index >= 15 is 0 Å². The van der Waals surface area contributed by atoms with Crippen LogP contribution in [-0.2, 0) is 22.5 Å². The lowest BCUT2D eigenvalue weighted by Crippen LogP contribution is -2.45. The van der Waals surface area contributed by atoms with Crippen LogP contribution in [0.1, 0.15) is 16.9 Å². The first-order chi connectivity index (χ1) is 18.4. The van der Waals surface area contributed by atoms with Crippen molar-refractivity contribution in [2.75, 3.05) is 52.9 Å². The second-order valence-electron chi connectivity index (χ2n) is 8.54. The third-order valence-corrected chi connectivity index (χ3v) is 7.22. The summed E-state index contributed by atoms with van der Waals surface area (Å²) < 4.78 is 16.8. The van der Waals surface area contributed by atoms with Gasteiger partial charge in [-0.3, -0.25) is 4.79 Å². The number of benzene rings is 2. The summed E-state index contributed by atoms with van der Waals surface area (Å²) >= 11 is 5.03. The first-order valence-corrected chi connectivity index (χ1v) is 13.9. The normalized spacial score (nSPS) is 10.6. The molecule has 3 amide bonds. The molecule has 1 N–H and O–H groups in total. The van der Waals surface area contributed by atoms with Crippen molar-refractivity contribution < 1.29 is 23.8 Å². The first-order valence-electron chi connectivity index (χ1n) is 12.2. The van der Waals surface area contributed by atoms with Crippen molar-refractivity contribution in [3.8, 4) is 11.5 Å². The van der Waals surface area contributed by atoms with E-state index in [9.17, 15) is 9.59 Å². The van der Waals surface area contributed by atoms with Crippen LogP contribution in [-0.4, -0.2) is 69.3 Å². The number of hydrogen-bond donors (Lipinski definition) is 1. The van der Waals surface area contributed by atoms with Gasteiger partial charge in [-0.25, -0.2) is 4.79 Å². The third-order valence-electron chi connectivity index (χ3n) is 5.86. The number of hydrogen-bond acceptors (Lipinski definition) is 6. The smallest absolute Gasteiger partial charge is 0.322 e. The van der Waals surface area contributed by atoms with Crippen LogP contribution in [0.3, 0.4) is 0 Å². The Morgan fingerprint density at radius 1 is 0.947 bits per heavy atom. The maximum atomic E-state index is 13.6. The number of thiophene rings is 1. The van der Waals surface area contributed by atoms with E-state index < -0.39 is 0 Å². The van der Waals surface area contributed by atoms with Crippen molar-refractivity contribution in [3.05, 3.63) is 74.9 Å². The lowest BCUT2D eigenvalue weighted by Gasteiger charge is -2.28. The molecule has 0 saturated carbocycles. The fourth-order valence-electron chi connectivity index (χ4n) is 3.87. The summed E-state index contributed by atoms with van der Waals surface area (Å²) in [4.78, 5) is 31.2. The van der Waals surface area contributed by atoms with Gasteiger partial charge in [0.15, 0.2) is 11.5 Å². The summed E-state index contributed by atoms with van der Waals surface area (Å²) in [6.45, 7) is 1.81. The molecule has 0 radical (unpaired) electrons. The number of halogens is 1. The molecule has 0 saturated heterocycles. The van der Waals surface area contributed by atoms with Gasteiger partial charge in [-0.1, -0.05) is 34.1 Å². The first kappa shape index (κ1) is 29.5. The average molecular weight is 605 g/mol. The molecule has 0 unspecified atom stereocenters. The van der Waals surface area contributed by atoms with Gasteiger partial charge >= 0.3 is 6.03 Å². The highest BCUT2D eigenvalue weighted by molar-refractivity contribution is 9.10. The van der Waals surface area contributed by atoms with E-state index in [-0.39, 0.29) is 18.5 Å². The highest BCUT2D eigenvalue weighted by Gasteiger charge is 2.22. The molecule has 0 fully saturated rings. The van der Waals surface area contributed by atoms with E-state index in [0.29, 0.717) is 56.3 Å². The summed E-state index contributed by atoms with van der Waals surface area (Å²) in [5, 5.41) is 4.90. The zero-order valence-electron chi connectivity index (χ0n) is 21.9. The Labute approximate surface area is 236 Å². The number of methoxy groups -OCH3 is 3. The fourth-order valence-corrected chi connectivity index (χ4v) is 4.99. The van der Waals surface area contributed by atoms with Gasteiger partial charge in [0.05, 0.1) is 20.8 Å². The van der Waals surface area contributed by atoms with Crippen molar-refractivity contribution in [1.29, 1.82) is 0 Å². The maximum Gasteiger partial charge on any atom is 0.322 e. The van der Waals surface area contributed by atoms with E-state index in [1.54, 1.807) is 42.5 Å². The minimum Gasteiger partial charge on any atom is -0.493 e. The predicted molar refractivity (Wildman–Crippen MR) is 154 cm³/mol. The largest absolute Gasteiger partial charge is 0.493 e. The number of amides is 3. The number of anilines is 1. The summed E-state index contributed by atoms with van der Waals surface area (Å²) in [6.07, 6.45) is 1.25. The Bertz CT molecular complexity index is 1180. The molecular formula is C28H34BrN3O5S. The van der Waals surface area contributed by atoms with Crippen LogP contribution in [0.5, 0.6) is 11.5 Å². The molecule has 3 aromatic rings. The third kappa shape index (κ3) is 9.04. The summed E-state index contributed by atoms with van der Waals surface area (Å²) in [5.74, 6) is 1.18. The van der Waals surface area contributed by atoms with E-state index in [1.165, 1.54) is 0 Å². The van der Waals surface area contributed by atoms with Gasteiger partial charge < -0.3 is 29.3 Å². The lowest BCUT2D eigenvalue weighted by atomic mass is 10.1. The summed E-state index contributed by atoms with van der Waals surface area (Å²) in [5.41, 5.74) is 1.67. The average Bonchev–Trinajstić information content (AvgIpc) is 3.43. The zero-order valence-corrected chi connectivity index (χ0v) is 24.3.